The van der Waals surface area contributed by atoms with Crippen molar-refractivity contribution < 1.29 is 18.8 Å². The second kappa shape index (κ2) is 7.68. The van der Waals surface area contributed by atoms with E-state index in [1.54, 1.807) is 30.3 Å². The van der Waals surface area contributed by atoms with Crippen LogP contribution in [0.15, 0.2) is 70.3 Å². The first kappa shape index (κ1) is 19.5. The maximum absolute atomic E-state index is 12.9. The Hall–Kier alpha value is -3.42. The molecule has 152 valence electrons. The summed E-state index contributed by atoms with van der Waals surface area (Å²) in [6, 6.07) is 16.9. The summed E-state index contributed by atoms with van der Waals surface area (Å²) in [7, 11) is 0. The molecular weight excluding hydrogens is 436 g/mol. The van der Waals surface area contributed by atoms with E-state index in [-0.39, 0.29) is 45.1 Å². The lowest BCUT2D eigenvalue weighted by atomic mass is 9.84. The highest BCUT2D eigenvalue weighted by Gasteiger charge is 2.30. The molecule has 1 heterocycles. The van der Waals surface area contributed by atoms with Crippen molar-refractivity contribution in [2.24, 2.45) is 0 Å². The minimum atomic E-state index is -0.343. The van der Waals surface area contributed by atoms with E-state index in [1.165, 1.54) is 12.1 Å². The fourth-order valence-corrected chi connectivity index (χ4v) is 4.29. The van der Waals surface area contributed by atoms with Crippen molar-refractivity contribution >= 4 is 57.6 Å². The summed E-state index contributed by atoms with van der Waals surface area (Å²) in [6.07, 6.45) is 0. The Morgan fingerprint density at radius 1 is 0.935 bits per heavy atom. The highest BCUT2D eigenvalue weighted by molar-refractivity contribution is 7.99. The molecule has 0 unspecified atom stereocenters. The molecule has 0 spiro atoms. The van der Waals surface area contributed by atoms with Crippen LogP contribution in [0.1, 0.15) is 31.8 Å². The van der Waals surface area contributed by atoms with Crippen molar-refractivity contribution in [3.8, 4) is 0 Å². The third-order valence-corrected chi connectivity index (χ3v) is 6.03. The molecule has 4 aromatic rings. The number of carbonyl (C=O) groups excluding carboxylic acids is 3. The second-order valence-corrected chi connectivity index (χ2v) is 8.20. The summed E-state index contributed by atoms with van der Waals surface area (Å²) in [5.41, 5.74) is 2.76. The van der Waals surface area contributed by atoms with Gasteiger partial charge in [-0.1, -0.05) is 59.8 Å². The average molecular weight is 449 g/mol. The van der Waals surface area contributed by atoms with E-state index >= 15 is 0 Å². The number of thioether (sulfide) groups is 1. The molecule has 1 amide bonds. The Labute approximate surface area is 185 Å². The number of oxazole rings is 1. The Kier molecular flexibility index (Phi) is 4.84. The number of anilines is 1. The maximum atomic E-state index is 12.9. The lowest BCUT2D eigenvalue weighted by Gasteiger charge is -2.19. The first-order valence-electron chi connectivity index (χ1n) is 9.31. The summed E-state index contributed by atoms with van der Waals surface area (Å²) in [4.78, 5) is 42.4. The van der Waals surface area contributed by atoms with E-state index in [0.29, 0.717) is 27.4 Å². The molecule has 0 saturated heterocycles. The van der Waals surface area contributed by atoms with Crippen LogP contribution >= 0.6 is 23.4 Å². The van der Waals surface area contributed by atoms with Gasteiger partial charge in [-0.2, -0.15) is 0 Å². The number of carbonyl (C=O) groups is 3. The van der Waals surface area contributed by atoms with Gasteiger partial charge in [0, 0.05) is 22.3 Å². The number of nitrogens with zero attached hydrogens (tertiary/aromatic N) is 1. The molecule has 0 fully saturated rings. The molecule has 6 nitrogen and oxygen atoms in total. The number of para-hydroxylation sites is 2. The second-order valence-electron chi connectivity index (χ2n) is 6.87. The molecule has 0 atom stereocenters. The minimum Gasteiger partial charge on any atom is -0.431 e. The first-order chi connectivity index (χ1) is 15.0. The van der Waals surface area contributed by atoms with Crippen LogP contribution in [0.4, 0.5) is 5.69 Å². The molecule has 5 rings (SSSR count). The van der Waals surface area contributed by atoms with Crippen LogP contribution in [0.5, 0.6) is 0 Å². The highest BCUT2D eigenvalue weighted by Crippen LogP contribution is 2.33. The SMILES string of the molecule is O=C(CSc1nc2ccccc2o1)Nc1cc2c(cc1Cl)C(=O)c1ccccc1C2=O. The van der Waals surface area contributed by atoms with E-state index in [2.05, 4.69) is 10.3 Å². The fourth-order valence-electron chi connectivity index (χ4n) is 3.44. The lowest BCUT2D eigenvalue weighted by molar-refractivity contribution is -0.113. The number of aromatic nitrogens is 1. The number of halogens is 1. The quantitative estimate of drug-likeness (QED) is 0.390. The number of rotatable bonds is 4. The Balaban J connectivity index is 1.35. The Morgan fingerprint density at radius 2 is 1.58 bits per heavy atom. The summed E-state index contributed by atoms with van der Waals surface area (Å²) >= 11 is 7.45. The maximum Gasteiger partial charge on any atom is 0.257 e. The van der Waals surface area contributed by atoms with Crippen LogP contribution < -0.4 is 5.32 Å². The minimum absolute atomic E-state index is 0.0376. The van der Waals surface area contributed by atoms with Crippen LogP contribution in [0, 0.1) is 0 Å². The molecular formula is C23H13ClN2O4S. The van der Waals surface area contributed by atoms with Gasteiger partial charge in [-0.3, -0.25) is 14.4 Å². The molecule has 1 aliphatic carbocycles. The van der Waals surface area contributed by atoms with Gasteiger partial charge in [0.05, 0.1) is 16.5 Å². The molecule has 1 aromatic heterocycles. The third-order valence-electron chi connectivity index (χ3n) is 4.89. The average Bonchev–Trinajstić information content (AvgIpc) is 3.20. The van der Waals surface area contributed by atoms with E-state index in [9.17, 15) is 14.4 Å². The largest absolute Gasteiger partial charge is 0.431 e. The molecule has 0 bridgehead atoms. The van der Waals surface area contributed by atoms with Crippen molar-refractivity contribution in [3.05, 3.63) is 87.9 Å². The van der Waals surface area contributed by atoms with Crippen LogP contribution in [-0.4, -0.2) is 28.2 Å². The van der Waals surface area contributed by atoms with Crippen LogP contribution in [-0.2, 0) is 4.79 Å². The van der Waals surface area contributed by atoms with Crippen LogP contribution in [0.25, 0.3) is 11.1 Å². The number of nitrogens with one attached hydrogen (secondary N) is 1. The number of ketones is 2. The zero-order valence-electron chi connectivity index (χ0n) is 15.8. The fraction of sp³-hybridized carbons (Fsp3) is 0.0435. The van der Waals surface area contributed by atoms with Crippen molar-refractivity contribution in [1.29, 1.82) is 0 Å². The van der Waals surface area contributed by atoms with Gasteiger partial charge in [0.25, 0.3) is 5.22 Å². The normalized spacial score (nSPS) is 12.5. The van der Waals surface area contributed by atoms with Gasteiger partial charge in [-0.05, 0) is 24.3 Å². The molecule has 3 aromatic carbocycles. The first-order valence-corrected chi connectivity index (χ1v) is 10.7. The summed E-state index contributed by atoms with van der Waals surface area (Å²) in [5, 5.41) is 3.26. The monoisotopic (exact) mass is 448 g/mol. The van der Waals surface area contributed by atoms with E-state index in [1.807, 2.05) is 18.2 Å². The van der Waals surface area contributed by atoms with Gasteiger partial charge in [-0.25, -0.2) is 4.98 Å². The van der Waals surface area contributed by atoms with Crippen molar-refractivity contribution in [1.82, 2.24) is 4.98 Å². The molecule has 1 N–H and O–H groups in total. The molecule has 8 heteroatoms. The standard InChI is InChI=1S/C23H13ClN2O4S/c24-16-9-14-15(22(29)13-6-2-1-5-12(13)21(14)28)10-18(16)25-20(27)11-31-23-26-17-7-3-4-8-19(17)30-23/h1-10H,11H2,(H,25,27). The van der Waals surface area contributed by atoms with E-state index in [4.69, 9.17) is 16.0 Å². The van der Waals surface area contributed by atoms with E-state index < -0.39 is 0 Å². The summed E-state index contributed by atoms with van der Waals surface area (Å²) in [5.74, 6) is -0.852. The molecule has 1 aliphatic rings. The molecule has 0 saturated carbocycles. The van der Waals surface area contributed by atoms with Gasteiger partial charge < -0.3 is 9.73 Å². The number of benzene rings is 3. The van der Waals surface area contributed by atoms with Crippen molar-refractivity contribution in [2.45, 2.75) is 5.22 Å². The zero-order chi connectivity index (χ0) is 21.5. The topological polar surface area (TPSA) is 89.3 Å². The van der Waals surface area contributed by atoms with Gasteiger partial charge in [0.1, 0.15) is 5.52 Å². The molecule has 0 radical (unpaired) electrons. The van der Waals surface area contributed by atoms with Gasteiger partial charge in [0.15, 0.2) is 17.1 Å². The summed E-state index contributed by atoms with van der Waals surface area (Å²) < 4.78 is 5.59. The predicted molar refractivity (Wildman–Crippen MR) is 118 cm³/mol. The van der Waals surface area contributed by atoms with Crippen molar-refractivity contribution in [2.75, 3.05) is 11.1 Å². The van der Waals surface area contributed by atoms with Gasteiger partial charge in [0.2, 0.25) is 5.91 Å². The predicted octanol–water partition coefficient (Wildman–Crippen LogP) is 4.99. The van der Waals surface area contributed by atoms with Gasteiger partial charge >= 0.3 is 0 Å². The van der Waals surface area contributed by atoms with Crippen molar-refractivity contribution in [3.63, 3.8) is 0 Å². The van der Waals surface area contributed by atoms with Crippen LogP contribution in [0.3, 0.4) is 0 Å². The lowest BCUT2D eigenvalue weighted by Crippen LogP contribution is -2.22. The number of hydrogen-bond donors (Lipinski definition) is 1. The molecule has 31 heavy (non-hydrogen) atoms. The number of amides is 1. The summed E-state index contributed by atoms with van der Waals surface area (Å²) in [6.45, 7) is 0. The Bertz CT molecular complexity index is 1360. The highest BCUT2D eigenvalue weighted by atomic mass is 35.5. The number of fused-ring (bicyclic) bond motifs is 3. The zero-order valence-corrected chi connectivity index (χ0v) is 17.4. The van der Waals surface area contributed by atoms with E-state index in [0.717, 1.165) is 11.8 Å². The third kappa shape index (κ3) is 3.52. The van der Waals surface area contributed by atoms with Crippen LogP contribution in [0.2, 0.25) is 5.02 Å². The Morgan fingerprint density at radius 3 is 2.29 bits per heavy atom. The number of hydrogen-bond acceptors (Lipinski definition) is 6. The van der Waals surface area contributed by atoms with Gasteiger partial charge in [-0.15, -0.1) is 0 Å². The molecule has 0 aliphatic heterocycles. The smallest absolute Gasteiger partial charge is 0.257 e.